The lowest BCUT2D eigenvalue weighted by Crippen LogP contribution is -2.32. The SMILES string of the molecule is CCc1cccc(CC(=O)NCCC(C)(C)C(=O)O)c1. The predicted molar refractivity (Wildman–Crippen MR) is 78.6 cm³/mol. The molecule has 1 rings (SSSR count). The zero-order valence-electron chi connectivity index (χ0n) is 12.4. The first-order chi connectivity index (χ1) is 9.35. The lowest BCUT2D eigenvalue weighted by atomic mass is 9.90. The largest absolute Gasteiger partial charge is 0.481 e. The van der Waals surface area contributed by atoms with Crippen LogP contribution in [0.15, 0.2) is 24.3 Å². The second-order valence-corrected chi connectivity index (χ2v) is 5.64. The standard InChI is InChI=1S/C16H23NO3/c1-4-12-6-5-7-13(10-12)11-14(18)17-9-8-16(2,3)15(19)20/h5-7,10H,4,8-9,11H2,1-3H3,(H,17,18)(H,19,20). The van der Waals surface area contributed by atoms with E-state index in [2.05, 4.69) is 12.2 Å². The Morgan fingerprint density at radius 1 is 1.25 bits per heavy atom. The van der Waals surface area contributed by atoms with Crippen molar-refractivity contribution in [3.63, 3.8) is 0 Å². The summed E-state index contributed by atoms with van der Waals surface area (Å²) in [6.07, 6.45) is 1.70. The van der Waals surface area contributed by atoms with Gasteiger partial charge in [-0.3, -0.25) is 9.59 Å². The van der Waals surface area contributed by atoms with Crippen molar-refractivity contribution >= 4 is 11.9 Å². The van der Waals surface area contributed by atoms with E-state index in [1.54, 1.807) is 13.8 Å². The highest BCUT2D eigenvalue weighted by Gasteiger charge is 2.26. The van der Waals surface area contributed by atoms with E-state index in [1.807, 2.05) is 24.3 Å². The summed E-state index contributed by atoms with van der Waals surface area (Å²) in [5, 5.41) is 11.8. The van der Waals surface area contributed by atoms with Gasteiger partial charge in [0.2, 0.25) is 5.91 Å². The van der Waals surface area contributed by atoms with Crippen LogP contribution in [0.25, 0.3) is 0 Å². The molecule has 0 fully saturated rings. The Kier molecular flexibility index (Phi) is 5.74. The molecule has 4 heteroatoms. The Bertz CT molecular complexity index is 480. The molecule has 4 nitrogen and oxygen atoms in total. The average molecular weight is 277 g/mol. The summed E-state index contributed by atoms with van der Waals surface area (Å²) in [5.74, 6) is -0.915. The van der Waals surface area contributed by atoms with Crippen LogP contribution < -0.4 is 5.32 Å². The number of aryl methyl sites for hydroxylation is 1. The van der Waals surface area contributed by atoms with Crippen molar-refractivity contribution in [1.82, 2.24) is 5.32 Å². The number of carboxylic acid groups (broad SMARTS) is 1. The summed E-state index contributed by atoms with van der Waals surface area (Å²) in [4.78, 5) is 22.8. The molecule has 1 aromatic carbocycles. The molecule has 0 aliphatic carbocycles. The number of amides is 1. The summed E-state index contributed by atoms with van der Waals surface area (Å²) in [7, 11) is 0. The fourth-order valence-electron chi connectivity index (χ4n) is 1.83. The highest BCUT2D eigenvalue weighted by Crippen LogP contribution is 2.19. The number of carbonyl (C=O) groups excluding carboxylic acids is 1. The zero-order valence-corrected chi connectivity index (χ0v) is 12.4. The summed E-state index contributed by atoms with van der Waals surface area (Å²) >= 11 is 0. The molecule has 1 aromatic rings. The van der Waals surface area contributed by atoms with Crippen molar-refractivity contribution in [3.05, 3.63) is 35.4 Å². The number of benzene rings is 1. The predicted octanol–water partition coefficient (Wildman–Crippen LogP) is 2.41. The number of carbonyl (C=O) groups is 2. The van der Waals surface area contributed by atoms with Crippen LogP contribution in [0.3, 0.4) is 0 Å². The van der Waals surface area contributed by atoms with Gasteiger partial charge in [-0.15, -0.1) is 0 Å². The molecule has 0 heterocycles. The van der Waals surface area contributed by atoms with Crippen LogP contribution in [0.4, 0.5) is 0 Å². The number of aliphatic carboxylic acids is 1. The molecule has 0 aliphatic rings. The van der Waals surface area contributed by atoms with Crippen molar-refractivity contribution in [3.8, 4) is 0 Å². The maximum Gasteiger partial charge on any atom is 0.309 e. The lowest BCUT2D eigenvalue weighted by molar-refractivity contribution is -0.147. The molecule has 0 atom stereocenters. The third-order valence-electron chi connectivity index (χ3n) is 3.42. The van der Waals surface area contributed by atoms with Crippen molar-refractivity contribution < 1.29 is 14.7 Å². The number of carboxylic acids is 1. The summed E-state index contributed by atoms with van der Waals surface area (Å²) in [6, 6.07) is 7.95. The van der Waals surface area contributed by atoms with E-state index < -0.39 is 11.4 Å². The van der Waals surface area contributed by atoms with Crippen molar-refractivity contribution in [2.24, 2.45) is 5.41 Å². The summed E-state index contributed by atoms with van der Waals surface area (Å²) < 4.78 is 0. The fourth-order valence-corrected chi connectivity index (χ4v) is 1.83. The molecule has 0 aromatic heterocycles. The van der Waals surface area contributed by atoms with Gasteiger partial charge in [0.25, 0.3) is 0 Å². The molecule has 2 N–H and O–H groups in total. The van der Waals surface area contributed by atoms with Gasteiger partial charge in [0.05, 0.1) is 11.8 Å². The van der Waals surface area contributed by atoms with Gasteiger partial charge < -0.3 is 10.4 Å². The second kappa shape index (κ2) is 7.08. The maximum atomic E-state index is 11.8. The second-order valence-electron chi connectivity index (χ2n) is 5.64. The number of hydrogen-bond acceptors (Lipinski definition) is 2. The molecule has 0 saturated carbocycles. The average Bonchev–Trinajstić information content (AvgIpc) is 2.38. The van der Waals surface area contributed by atoms with Crippen LogP contribution in [0.5, 0.6) is 0 Å². The monoisotopic (exact) mass is 277 g/mol. The number of hydrogen-bond donors (Lipinski definition) is 2. The number of rotatable bonds is 7. The van der Waals surface area contributed by atoms with Gasteiger partial charge in [-0.2, -0.15) is 0 Å². The highest BCUT2D eigenvalue weighted by atomic mass is 16.4. The van der Waals surface area contributed by atoms with Crippen LogP contribution in [0, 0.1) is 5.41 Å². The Balaban J connectivity index is 2.42. The van der Waals surface area contributed by atoms with Gasteiger partial charge >= 0.3 is 5.97 Å². The Morgan fingerprint density at radius 3 is 2.50 bits per heavy atom. The van der Waals surface area contributed by atoms with Gasteiger partial charge in [-0.25, -0.2) is 0 Å². The summed E-state index contributed by atoms with van der Waals surface area (Å²) in [5.41, 5.74) is 1.39. The van der Waals surface area contributed by atoms with Crippen LogP contribution in [-0.2, 0) is 22.4 Å². The van der Waals surface area contributed by atoms with E-state index in [0.717, 1.165) is 12.0 Å². The van der Waals surface area contributed by atoms with E-state index in [1.165, 1.54) is 5.56 Å². The van der Waals surface area contributed by atoms with Gasteiger partial charge in [-0.05, 0) is 37.8 Å². The first kappa shape index (κ1) is 16.2. The molecule has 1 amide bonds. The molecule has 110 valence electrons. The van der Waals surface area contributed by atoms with Gasteiger partial charge in [0.1, 0.15) is 0 Å². The molecule has 0 spiro atoms. The molecule has 0 radical (unpaired) electrons. The van der Waals surface area contributed by atoms with E-state index >= 15 is 0 Å². The van der Waals surface area contributed by atoms with Crippen molar-refractivity contribution in [2.75, 3.05) is 6.54 Å². The highest BCUT2D eigenvalue weighted by molar-refractivity contribution is 5.78. The van der Waals surface area contributed by atoms with Crippen LogP contribution in [0.2, 0.25) is 0 Å². The maximum absolute atomic E-state index is 11.8. The molecule has 0 bridgehead atoms. The van der Waals surface area contributed by atoms with Gasteiger partial charge in [0.15, 0.2) is 0 Å². The van der Waals surface area contributed by atoms with Crippen LogP contribution in [-0.4, -0.2) is 23.5 Å². The summed E-state index contributed by atoms with van der Waals surface area (Å²) in [6.45, 7) is 5.77. The third-order valence-corrected chi connectivity index (χ3v) is 3.42. The molecule has 0 unspecified atom stereocenters. The molecule has 0 aliphatic heterocycles. The Hall–Kier alpha value is -1.84. The van der Waals surface area contributed by atoms with Crippen LogP contribution >= 0.6 is 0 Å². The zero-order chi connectivity index (χ0) is 15.2. The minimum atomic E-state index is -0.845. The molecule has 0 saturated heterocycles. The Labute approximate surface area is 120 Å². The minimum absolute atomic E-state index is 0.0700. The van der Waals surface area contributed by atoms with E-state index in [9.17, 15) is 9.59 Å². The normalized spacial score (nSPS) is 11.2. The van der Waals surface area contributed by atoms with Gasteiger partial charge in [0, 0.05) is 6.54 Å². The van der Waals surface area contributed by atoms with Crippen LogP contribution in [0.1, 0.15) is 38.3 Å². The minimum Gasteiger partial charge on any atom is -0.481 e. The first-order valence-corrected chi connectivity index (χ1v) is 6.93. The Morgan fingerprint density at radius 2 is 1.90 bits per heavy atom. The van der Waals surface area contributed by atoms with Gasteiger partial charge in [-0.1, -0.05) is 31.2 Å². The lowest BCUT2D eigenvalue weighted by Gasteiger charge is -2.18. The molecule has 20 heavy (non-hydrogen) atoms. The third kappa shape index (κ3) is 5.03. The smallest absolute Gasteiger partial charge is 0.309 e. The fraction of sp³-hybridized carbons (Fsp3) is 0.500. The van der Waals surface area contributed by atoms with E-state index in [-0.39, 0.29) is 5.91 Å². The molecular weight excluding hydrogens is 254 g/mol. The first-order valence-electron chi connectivity index (χ1n) is 6.93. The number of nitrogens with one attached hydrogen (secondary N) is 1. The van der Waals surface area contributed by atoms with Crippen molar-refractivity contribution in [1.29, 1.82) is 0 Å². The molecular formula is C16H23NO3. The van der Waals surface area contributed by atoms with E-state index in [4.69, 9.17) is 5.11 Å². The van der Waals surface area contributed by atoms with E-state index in [0.29, 0.717) is 19.4 Å². The van der Waals surface area contributed by atoms with Crippen molar-refractivity contribution in [2.45, 2.75) is 40.0 Å². The quantitative estimate of drug-likeness (QED) is 0.804. The topological polar surface area (TPSA) is 66.4 Å².